The Morgan fingerprint density at radius 3 is 1.87 bits per heavy atom. The molecule has 30 heavy (non-hydrogen) atoms. The zero-order chi connectivity index (χ0) is 21.5. The topological polar surface area (TPSA) is 17.8 Å². The predicted molar refractivity (Wildman–Crippen MR) is 122 cm³/mol. The molecule has 0 radical (unpaired) electrons. The molecule has 3 aromatic rings. The Bertz CT molecular complexity index is 1050. The number of aryl methyl sites for hydroxylation is 1. The molecule has 3 heteroatoms. The maximum atomic E-state index is 13.7. The van der Waals surface area contributed by atoms with E-state index in [1.165, 1.54) is 23.1 Å². The second-order valence-corrected chi connectivity index (χ2v) is 10.3. The van der Waals surface area contributed by atoms with Crippen LogP contribution < -0.4 is 0 Å². The molecule has 1 aliphatic carbocycles. The third-order valence-corrected chi connectivity index (χ3v) is 6.04. The van der Waals surface area contributed by atoms with Crippen LogP contribution >= 0.6 is 0 Å². The van der Waals surface area contributed by atoms with E-state index in [1.54, 1.807) is 12.1 Å². The van der Waals surface area contributed by atoms with Gasteiger partial charge in [-0.05, 0) is 64.5 Å². The summed E-state index contributed by atoms with van der Waals surface area (Å²) in [6, 6.07) is 15.7. The third kappa shape index (κ3) is 4.40. The molecule has 0 aliphatic heterocycles. The summed E-state index contributed by atoms with van der Waals surface area (Å²) in [5.74, 6) is -0.195. The second-order valence-electron chi connectivity index (χ2n) is 10.3. The van der Waals surface area contributed by atoms with E-state index in [0.29, 0.717) is 0 Å². The van der Waals surface area contributed by atoms with Crippen LogP contribution in [0.25, 0.3) is 16.7 Å². The van der Waals surface area contributed by atoms with Crippen molar-refractivity contribution in [2.45, 2.75) is 47.0 Å². The number of halogens is 1. The summed E-state index contributed by atoms with van der Waals surface area (Å²) in [5.41, 5.74) is 7.77. The Kier molecular flexibility index (Phi) is 5.17. The summed E-state index contributed by atoms with van der Waals surface area (Å²) in [6.07, 6.45) is 7.25. The number of benzene rings is 2. The van der Waals surface area contributed by atoms with Crippen LogP contribution in [0.15, 0.2) is 66.5 Å². The van der Waals surface area contributed by atoms with E-state index in [4.69, 9.17) is 0 Å². The van der Waals surface area contributed by atoms with Gasteiger partial charge in [-0.1, -0.05) is 69.7 Å². The van der Waals surface area contributed by atoms with Crippen molar-refractivity contribution in [2.75, 3.05) is 0 Å². The van der Waals surface area contributed by atoms with Gasteiger partial charge >= 0.3 is 0 Å². The maximum absolute atomic E-state index is 13.7. The molecule has 1 aliphatic rings. The lowest BCUT2D eigenvalue weighted by Gasteiger charge is -2.43. The Hall–Kier alpha value is -2.68. The summed E-state index contributed by atoms with van der Waals surface area (Å²) in [7, 11) is 1.93. The molecule has 0 unspecified atom stereocenters. The summed E-state index contributed by atoms with van der Waals surface area (Å²) in [5, 5.41) is 4.28. The first-order chi connectivity index (χ1) is 14.1. The minimum Gasteiger partial charge on any atom is -0.275 e. The average Bonchev–Trinajstić information content (AvgIpc) is 3.08. The van der Waals surface area contributed by atoms with E-state index in [9.17, 15) is 4.39 Å². The highest BCUT2D eigenvalue weighted by atomic mass is 19.1. The number of allylic oxidation sites excluding steroid dienone is 1. The van der Waals surface area contributed by atoms with Crippen molar-refractivity contribution >= 4 is 5.57 Å². The fourth-order valence-corrected chi connectivity index (χ4v) is 5.41. The van der Waals surface area contributed by atoms with Crippen LogP contribution in [-0.2, 0) is 7.05 Å². The molecular formula is C27H31FN2. The molecule has 4 rings (SSSR count). The lowest BCUT2D eigenvalue weighted by atomic mass is 9.62. The van der Waals surface area contributed by atoms with Gasteiger partial charge in [-0.3, -0.25) is 4.68 Å². The highest BCUT2D eigenvalue weighted by molar-refractivity contribution is 5.83. The molecule has 0 N–H and O–H groups in total. The van der Waals surface area contributed by atoms with Crippen molar-refractivity contribution in [1.82, 2.24) is 9.78 Å². The van der Waals surface area contributed by atoms with Gasteiger partial charge < -0.3 is 0 Å². The molecule has 2 aromatic carbocycles. The van der Waals surface area contributed by atoms with Crippen LogP contribution in [-0.4, -0.2) is 9.78 Å². The smallest absolute Gasteiger partial charge is 0.123 e. The van der Waals surface area contributed by atoms with E-state index < -0.39 is 0 Å². The third-order valence-electron chi connectivity index (χ3n) is 6.04. The van der Waals surface area contributed by atoms with Gasteiger partial charge in [-0.15, -0.1) is 0 Å². The van der Waals surface area contributed by atoms with Gasteiger partial charge in [-0.2, -0.15) is 5.10 Å². The van der Waals surface area contributed by atoms with Crippen molar-refractivity contribution in [3.8, 4) is 11.1 Å². The minimum absolute atomic E-state index is 0.195. The molecule has 1 aromatic heterocycles. The van der Waals surface area contributed by atoms with E-state index in [0.717, 1.165) is 29.5 Å². The monoisotopic (exact) mass is 402 g/mol. The molecular weight excluding hydrogens is 371 g/mol. The molecule has 156 valence electrons. The molecule has 0 bridgehead atoms. The summed E-state index contributed by atoms with van der Waals surface area (Å²) >= 11 is 0. The van der Waals surface area contributed by atoms with Crippen LogP contribution in [0.3, 0.4) is 0 Å². The number of rotatable bonds is 3. The second kappa shape index (κ2) is 7.54. The van der Waals surface area contributed by atoms with Gasteiger partial charge in [-0.25, -0.2) is 4.39 Å². The van der Waals surface area contributed by atoms with Crippen molar-refractivity contribution in [1.29, 1.82) is 0 Å². The standard InChI is InChI=1S/C27H31FN2/c1-26(2)14-22(15-27(3,4)18-26)25(21-10-12-24(28)13-11-21)20-8-6-19(7-9-20)23-16-29-30(5)17-23/h6-13,16-17H,14-15,18H2,1-5H3. The van der Waals surface area contributed by atoms with Crippen molar-refractivity contribution in [3.63, 3.8) is 0 Å². The molecule has 0 amide bonds. The number of hydrogen-bond acceptors (Lipinski definition) is 1. The molecule has 1 fully saturated rings. The lowest BCUT2D eigenvalue weighted by molar-refractivity contribution is 0.154. The van der Waals surface area contributed by atoms with Gasteiger partial charge in [0.05, 0.1) is 6.20 Å². The molecule has 2 nitrogen and oxygen atoms in total. The molecule has 1 heterocycles. The van der Waals surface area contributed by atoms with E-state index in [1.807, 2.05) is 36.3 Å². The van der Waals surface area contributed by atoms with Crippen LogP contribution in [0.2, 0.25) is 0 Å². The van der Waals surface area contributed by atoms with E-state index in [-0.39, 0.29) is 16.6 Å². The van der Waals surface area contributed by atoms with Crippen LogP contribution in [0.1, 0.15) is 58.1 Å². The largest absolute Gasteiger partial charge is 0.275 e. The van der Waals surface area contributed by atoms with Gasteiger partial charge in [0.15, 0.2) is 0 Å². The highest BCUT2D eigenvalue weighted by Crippen LogP contribution is 2.50. The molecule has 0 spiro atoms. The first-order valence-corrected chi connectivity index (χ1v) is 10.7. The quantitative estimate of drug-likeness (QED) is 0.450. The van der Waals surface area contributed by atoms with E-state index in [2.05, 4.69) is 57.1 Å². The van der Waals surface area contributed by atoms with Crippen LogP contribution in [0.4, 0.5) is 4.39 Å². The summed E-state index contributed by atoms with van der Waals surface area (Å²) in [4.78, 5) is 0. The summed E-state index contributed by atoms with van der Waals surface area (Å²) in [6.45, 7) is 9.45. The SMILES string of the molecule is Cn1cc(-c2ccc(C(=C3CC(C)(C)CC(C)(C)C3)c3ccc(F)cc3)cc2)cn1. The fraction of sp³-hybridized carbons (Fsp3) is 0.370. The predicted octanol–water partition coefficient (Wildman–Crippen LogP) is 7.26. The average molecular weight is 403 g/mol. The maximum Gasteiger partial charge on any atom is 0.123 e. The Balaban J connectivity index is 1.83. The Labute approximate surface area is 179 Å². The first-order valence-electron chi connectivity index (χ1n) is 10.7. The minimum atomic E-state index is -0.195. The molecule has 0 atom stereocenters. The zero-order valence-corrected chi connectivity index (χ0v) is 18.7. The van der Waals surface area contributed by atoms with Crippen LogP contribution in [0.5, 0.6) is 0 Å². The Morgan fingerprint density at radius 2 is 1.37 bits per heavy atom. The fourth-order valence-electron chi connectivity index (χ4n) is 5.41. The number of hydrogen-bond donors (Lipinski definition) is 0. The van der Waals surface area contributed by atoms with Crippen LogP contribution in [0, 0.1) is 16.6 Å². The van der Waals surface area contributed by atoms with Gasteiger partial charge in [0.25, 0.3) is 0 Å². The number of nitrogens with zero attached hydrogens (tertiary/aromatic N) is 2. The van der Waals surface area contributed by atoms with Crippen molar-refractivity contribution < 1.29 is 4.39 Å². The Morgan fingerprint density at radius 1 is 0.833 bits per heavy atom. The molecule has 0 saturated heterocycles. The van der Waals surface area contributed by atoms with Gasteiger partial charge in [0.1, 0.15) is 5.82 Å². The normalized spacial score (nSPS) is 17.7. The molecule has 1 saturated carbocycles. The number of aromatic nitrogens is 2. The zero-order valence-electron chi connectivity index (χ0n) is 18.7. The highest BCUT2D eigenvalue weighted by Gasteiger charge is 2.37. The first kappa shape index (κ1) is 20.6. The van der Waals surface area contributed by atoms with Gasteiger partial charge in [0.2, 0.25) is 0 Å². The summed E-state index contributed by atoms with van der Waals surface area (Å²) < 4.78 is 15.5. The lowest BCUT2D eigenvalue weighted by Crippen LogP contribution is -2.30. The van der Waals surface area contributed by atoms with Gasteiger partial charge in [0, 0.05) is 18.8 Å². The van der Waals surface area contributed by atoms with Crippen molar-refractivity contribution in [2.24, 2.45) is 17.9 Å². The van der Waals surface area contributed by atoms with Crippen molar-refractivity contribution in [3.05, 3.63) is 83.4 Å². The van der Waals surface area contributed by atoms with E-state index >= 15 is 0 Å².